The van der Waals surface area contributed by atoms with Crippen LogP contribution in [0.2, 0.25) is 0 Å². The van der Waals surface area contributed by atoms with E-state index in [-0.39, 0.29) is 17.2 Å². The average molecular weight is 211 g/mol. The molecule has 1 aromatic heterocycles. The zero-order valence-electron chi connectivity index (χ0n) is 8.23. The third-order valence-corrected chi connectivity index (χ3v) is 2.99. The molecule has 0 bridgehead atoms. The summed E-state index contributed by atoms with van der Waals surface area (Å²) in [5, 5.41) is 11.3. The molecule has 2 N–H and O–H groups in total. The highest BCUT2D eigenvalue weighted by Crippen LogP contribution is 2.36. The van der Waals surface area contributed by atoms with Crippen molar-refractivity contribution in [2.24, 2.45) is 5.92 Å². The van der Waals surface area contributed by atoms with Crippen LogP contribution in [0.3, 0.4) is 0 Å². The Morgan fingerprint density at radius 2 is 2.20 bits per heavy atom. The summed E-state index contributed by atoms with van der Waals surface area (Å²) < 4.78 is 4.88. The molecular weight excluding hydrogens is 198 g/mol. The van der Waals surface area contributed by atoms with Crippen molar-refractivity contribution in [1.82, 2.24) is 5.16 Å². The van der Waals surface area contributed by atoms with E-state index >= 15 is 0 Å². The summed E-state index contributed by atoms with van der Waals surface area (Å²) in [6.07, 6.45) is 3.91. The standard InChI is InChI=1S/C10H13NO4/c12-8-5-7(15-11-8)9(10(13)14)6-3-1-2-4-6/h5-6,9H,1-4H2,(H,11,12)(H,13,14). The van der Waals surface area contributed by atoms with Gasteiger partial charge in [-0.1, -0.05) is 12.8 Å². The van der Waals surface area contributed by atoms with Crippen molar-refractivity contribution < 1.29 is 14.4 Å². The van der Waals surface area contributed by atoms with Crippen LogP contribution >= 0.6 is 0 Å². The first-order valence-electron chi connectivity index (χ1n) is 5.09. The molecule has 1 heterocycles. The highest BCUT2D eigenvalue weighted by molar-refractivity contribution is 5.75. The molecule has 82 valence electrons. The smallest absolute Gasteiger partial charge is 0.314 e. The minimum atomic E-state index is -0.912. The van der Waals surface area contributed by atoms with Crippen LogP contribution < -0.4 is 5.56 Å². The highest BCUT2D eigenvalue weighted by atomic mass is 16.5. The molecule has 0 spiro atoms. The molecule has 0 aliphatic heterocycles. The van der Waals surface area contributed by atoms with E-state index in [0.717, 1.165) is 25.7 Å². The van der Waals surface area contributed by atoms with Crippen LogP contribution in [-0.4, -0.2) is 16.2 Å². The molecule has 0 aromatic carbocycles. The Hall–Kier alpha value is -1.52. The summed E-state index contributed by atoms with van der Waals surface area (Å²) >= 11 is 0. The van der Waals surface area contributed by atoms with Crippen molar-refractivity contribution in [2.75, 3.05) is 0 Å². The fourth-order valence-electron chi connectivity index (χ4n) is 2.30. The second-order valence-corrected chi connectivity index (χ2v) is 3.98. The third kappa shape index (κ3) is 1.95. The number of carboxylic acids is 1. The molecule has 0 amide bonds. The minimum Gasteiger partial charge on any atom is -0.481 e. The lowest BCUT2D eigenvalue weighted by Gasteiger charge is -2.15. The van der Waals surface area contributed by atoms with Crippen LogP contribution in [0.1, 0.15) is 37.4 Å². The predicted molar refractivity (Wildman–Crippen MR) is 51.7 cm³/mol. The summed E-state index contributed by atoms with van der Waals surface area (Å²) in [5.41, 5.74) is -0.380. The van der Waals surface area contributed by atoms with E-state index in [2.05, 4.69) is 5.16 Å². The van der Waals surface area contributed by atoms with Gasteiger partial charge in [-0.15, -0.1) is 0 Å². The molecule has 15 heavy (non-hydrogen) atoms. The summed E-state index contributed by atoms with van der Waals surface area (Å²) in [6, 6.07) is 1.23. The lowest BCUT2D eigenvalue weighted by atomic mass is 9.89. The van der Waals surface area contributed by atoms with Crippen molar-refractivity contribution >= 4 is 5.97 Å². The molecule has 1 aliphatic carbocycles. The first-order valence-corrected chi connectivity index (χ1v) is 5.09. The van der Waals surface area contributed by atoms with Gasteiger partial charge in [-0.25, -0.2) is 0 Å². The van der Waals surface area contributed by atoms with E-state index in [1.54, 1.807) is 0 Å². The summed E-state index contributed by atoms with van der Waals surface area (Å²) in [7, 11) is 0. The van der Waals surface area contributed by atoms with E-state index in [4.69, 9.17) is 9.63 Å². The number of hydrogen-bond acceptors (Lipinski definition) is 3. The molecule has 1 atom stereocenters. The Balaban J connectivity index is 2.26. The molecule has 0 radical (unpaired) electrons. The Labute approximate surface area is 86.1 Å². The topological polar surface area (TPSA) is 83.3 Å². The zero-order chi connectivity index (χ0) is 10.8. The van der Waals surface area contributed by atoms with Crippen LogP contribution in [0.5, 0.6) is 0 Å². The van der Waals surface area contributed by atoms with Gasteiger partial charge in [0.05, 0.1) is 0 Å². The van der Waals surface area contributed by atoms with Crippen LogP contribution in [0, 0.1) is 5.92 Å². The fourth-order valence-corrected chi connectivity index (χ4v) is 2.30. The van der Waals surface area contributed by atoms with Gasteiger partial charge in [0.2, 0.25) is 0 Å². The van der Waals surface area contributed by atoms with E-state index in [9.17, 15) is 9.59 Å². The Morgan fingerprint density at radius 1 is 1.53 bits per heavy atom. The van der Waals surface area contributed by atoms with Crippen LogP contribution in [0.25, 0.3) is 0 Å². The van der Waals surface area contributed by atoms with Gasteiger partial charge in [0.15, 0.2) is 5.76 Å². The maximum absolute atomic E-state index is 11.1. The second kappa shape index (κ2) is 3.92. The van der Waals surface area contributed by atoms with Gasteiger partial charge in [0, 0.05) is 6.07 Å². The Kier molecular flexibility index (Phi) is 2.62. The summed E-state index contributed by atoms with van der Waals surface area (Å²) in [6.45, 7) is 0. The van der Waals surface area contributed by atoms with Crippen molar-refractivity contribution in [3.8, 4) is 0 Å². The molecule has 1 fully saturated rings. The first-order chi connectivity index (χ1) is 7.18. The first kappa shape index (κ1) is 10.0. The number of H-pyrrole nitrogens is 1. The number of aromatic nitrogens is 1. The fraction of sp³-hybridized carbons (Fsp3) is 0.600. The third-order valence-electron chi connectivity index (χ3n) is 2.99. The van der Waals surface area contributed by atoms with Crippen molar-refractivity contribution in [3.05, 3.63) is 22.2 Å². The highest BCUT2D eigenvalue weighted by Gasteiger charge is 2.34. The number of carbonyl (C=O) groups is 1. The quantitative estimate of drug-likeness (QED) is 0.789. The van der Waals surface area contributed by atoms with Crippen LogP contribution in [-0.2, 0) is 4.79 Å². The van der Waals surface area contributed by atoms with E-state index < -0.39 is 11.9 Å². The Morgan fingerprint density at radius 3 is 2.67 bits per heavy atom. The van der Waals surface area contributed by atoms with Gasteiger partial charge in [0.1, 0.15) is 5.92 Å². The lowest BCUT2D eigenvalue weighted by molar-refractivity contribution is -0.140. The van der Waals surface area contributed by atoms with Crippen LogP contribution in [0.15, 0.2) is 15.4 Å². The molecule has 1 aliphatic rings. The van der Waals surface area contributed by atoms with Crippen molar-refractivity contribution in [1.29, 1.82) is 0 Å². The van der Waals surface area contributed by atoms with Gasteiger partial charge >= 0.3 is 5.97 Å². The molecule has 5 nitrogen and oxygen atoms in total. The van der Waals surface area contributed by atoms with Crippen molar-refractivity contribution in [2.45, 2.75) is 31.6 Å². The number of aromatic amines is 1. The van der Waals surface area contributed by atoms with Gasteiger partial charge in [-0.3, -0.25) is 9.59 Å². The molecule has 1 saturated carbocycles. The van der Waals surface area contributed by atoms with E-state index in [0.29, 0.717) is 0 Å². The maximum atomic E-state index is 11.1. The van der Waals surface area contributed by atoms with Crippen molar-refractivity contribution in [3.63, 3.8) is 0 Å². The predicted octanol–water partition coefficient (Wildman–Crippen LogP) is 1.33. The number of nitrogens with one attached hydrogen (secondary N) is 1. The van der Waals surface area contributed by atoms with Gasteiger partial charge in [0.25, 0.3) is 5.56 Å². The number of carboxylic acid groups (broad SMARTS) is 1. The summed E-state index contributed by atoms with van der Waals surface area (Å²) in [4.78, 5) is 22.0. The number of hydrogen-bond donors (Lipinski definition) is 2. The average Bonchev–Trinajstić information content (AvgIpc) is 2.77. The number of rotatable bonds is 3. The zero-order valence-corrected chi connectivity index (χ0v) is 8.23. The lowest BCUT2D eigenvalue weighted by Crippen LogP contribution is -2.19. The largest absolute Gasteiger partial charge is 0.481 e. The molecule has 1 aromatic rings. The monoisotopic (exact) mass is 211 g/mol. The van der Waals surface area contributed by atoms with Gasteiger partial charge < -0.3 is 9.63 Å². The molecule has 1 unspecified atom stereocenters. The normalized spacial score (nSPS) is 19.2. The van der Waals surface area contributed by atoms with E-state index in [1.165, 1.54) is 6.07 Å². The molecular formula is C10H13NO4. The second-order valence-electron chi connectivity index (χ2n) is 3.98. The molecule has 2 rings (SSSR count). The minimum absolute atomic E-state index is 0.0986. The SMILES string of the molecule is O=C(O)C(c1cc(=O)[nH]o1)C1CCCC1. The molecule has 0 saturated heterocycles. The maximum Gasteiger partial charge on any atom is 0.314 e. The van der Waals surface area contributed by atoms with Crippen LogP contribution in [0.4, 0.5) is 0 Å². The summed E-state index contributed by atoms with van der Waals surface area (Å²) in [5.74, 6) is -1.24. The molecule has 5 heteroatoms. The number of aliphatic carboxylic acids is 1. The van der Waals surface area contributed by atoms with E-state index in [1.807, 2.05) is 0 Å². The van der Waals surface area contributed by atoms with Gasteiger partial charge in [-0.05, 0) is 18.8 Å². The van der Waals surface area contributed by atoms with Gasteiger partial charge in [-0.2, -0.15) is 5.16 Å². The Bertz CT molecular complexity index is 400.